The summed E-state index contributed by atoms with van der Waals surface area (Å²) < 4.78 is 5.28. The van der Waals surface area contributed by atoms with Crippen molar-refractivity contribution in [2.75, 3.05) is 0 Å². The fraction of sp³-hybridized carbons (Fsp3) is 0.222. The van der Waals surface area contributed by atoms with Crippen LogP contribution < -0.4 is 0 Å². The van der Waals surface area contributed by atoms with Gasteiger partial charge in [0.25, 0.3) is 0 Å². The normalized spacial score (nSPS) is 16.2. The van der Waals surface area contributed by atoms with Crippen LogP contribution in [0, 0.1) is 5.92 Å². The molecule has 0 N–H and O–H groups in total. The SMILES string of the molecule is CC(C)Cc1ccc(C2=NC(=Cc3ccsc3)C(=O)O2)cc1. The van der Waals surface area contributed by atoms with E-state index in [-0.39, 0.29) is 0 Å². The average molecular weight is 311 g/mol. The van der Waals surface area contributed by atoms with Crippen molar-refractivity contribution in [3.05, 3.63) is 63.5 Å². The minimum absolute atomic E-state index is 0.347. The van der Waals surface area contributed by atoms with Gasteiger partial charge in [-0.15, -0.1) is 0 Å². The maximum atomic E-state index is 11.9. The summed E-state index contributed by atoms with van der Waals surface area (Å²) in [5.41, 5.74) is 3.42. The summed E-state index contributed by atoms with van der Waals surface area (Å²) in [4.78, 5) is 16.2. The Labute approximate surface area is 134 Å². The van der Waals surface area contributed by atoms with Gasteiger partial charge in [0, 0.05) is 5.56 Å². The van der Waals surface area contributed by atoms with Crippen molar-refractivity contribution in [2.24, 2.45) is 10.9 Å². The smallest absolute Gasteiger partial charge is 0.363 e. The Morgan fingerprint density at radius 3 is 2.64 bits per heavy atom. The maximum absolute atomic E-state index is 11.9. The van der Waals surface area contributed by atoms with Gasteiger partial charge in [-0.25, -0.2) is 9.79 Å². The fourth-order valence-electron chi connectivity index (χ4n) is 2.30. The van der Waals surface area contributed by atoms with Crippen molar-refractivity contribution in [3.8, 4) is 0 Å². The predicted molar refractivity (Wildman–Crippen MR) is 89.9 cm³/mol. The molecule has 3 rings (SSSR count). The Morgan fingerprint density at radius 1 is 1.23 bits per heavy atom. The minimum Gasteiger partial charge on any atom is -0.402 e. The predicted octanol–water partition coefficient (Wildman–Crippen LogP) is 4.29. The highest BCUT2D eigenvalue weighted by Crippen LogP contribution is 2.20. The van der Waals surface area contributed by atoms with Crippen LogP contribution in [-0.4, -0.2) is 11.9 Å². The maximum Gasteiger partial charge on any atom is 0.363 e. The molecule has 0 aliphatic carbocycles. The molecular weight excluding hydrogens is 294 g/mol. The number of benzene rings is 1. The van der Waals surface area contributed by atoms with Crippen LogP contribution in [0.2, 0.25) is 0 Å². The van der Waals surface area contributed by atoms with Crippen molar-refractivity contribution in [3.63, 3.8) is 0 Å². The molecule has 3 nitrogen and oxygen atoms in total. The fourth-order valence-corrected chi connectivity index (χ4v) is 2.92. The number of hydrogen-bond acceptors (Lipinski definition) is 4. The van der Waals surface area contributed by atoms with E-state index in [2.05, 4.69) is 31.0 Å². The Morgan fingerprint density at radius 2 is 2.00 bits per heavy atom. The van der Waals surface area contributed by atoms with Crippen molar-refractivity contribution >= 4 is 29.3 Å². The van der Waals surface area contributed by atoms with Gasteiger partial charge in [0.1, 0.15) is 0 Å². The summed E-state index contributed by atoms with van der Waals surface area (Å²) in [7, 11) is 0. The van der Waals surface area contributed by atoms with Crippen LogP contribution in [0.1, 0.15) is 30.5 Å². The van der Waals surface area contributed by atoms with Crippen LogP contribution >= 0.6 is 11.3 Å². The van der Waals surface area contributed by atoms with Crippen LogP contribution in [0.25, 0.3) is 6.08 Å². The first-order valence-corrected chi connectivity index (χ1v) is 8.20. The van der Waals surface area contributed by atoms with E-state index in [1.807, 2.05) is 29.0 Å². The van der Waals surface area contributed by atoms with Crippen LogP contribution in [0.3, 0.4) is 0 Å². The molecule has 0 bridgehead atoms. The molecule has 1 aliphatic rings. The summed E-state index contributed by atoms with van der Waals surface area (Å²) in [6.45, 7) is 4.39. The third kappa shape index (κ3) is 3.34. The van der Waals surface area contributed by atoms with Crippen LogP contribution in [-0.2, 0) is 16.0 Å². The van der Waals surface area contributed by atoms with E-state index < -0.39 is 5.97 Å². The van der Waals surface area contributed by atoms with Gasteiger partial charge in [-0.2, -0.15) is 11.3 Å². The van der Waals surface area contributed by atoms with Crippen molar-refractivity contribution in [1.82, 2.24) is 0 Å². The van der Waals surface area contributed by atoms with Crippen molar-refractivity contribution < 1.29 is 9.53 Å². The zero-order valence-electron chi connectivity index (χ0n) is 12.6. The van der Waals surface area contributed by atoms with Gasteiger partial charge in [-0.3, -0.25) is 0 Å². The van der Waals surface area contributed by atoms with E-state index >= 15 is 0 Å². The highest BCUT2D eigenvalue weighted by atomic mass is 32.1. The molecule has 0 spiro atoms. The van der Waals surface area contributed by atoms with Crippen molar-refractivity contribution in [1.29, 1.82) is 0 Å². The number of thiophene rings is 1. The molecule has 0 saturated carbocycles. The number of esters is 1. The number of hydrogen-bond donors (Lipinski definition) is 0. The van der Waals surface area contributed by atoms with Gasteiger partial charge in [0.15, 0.2) is 5.70 Å². The number of nitrogens with zero attached hydrogens (tertiary/aromatic N) is 1. The molecule has 1 aromatic carbocycles. The number of cyclic esters (lactones) is 1. The number of aliphatic imine (C=N–C) groups is 1. The van der Waals surface area contributed by atoms with Crippen LogP contribution in [0.5, 0.6) is 0 Å². The standard InChI is InChI=1S/C18H17NO2S/c1-12(2)9-13-3-5-15(6-4-13)17-19-16(18(20)21-17)10-14-7-8-22-11-14/h3-8,10-12H,9H2,1-2H3. The monoisotopic (exact) mass is 311 g/mol. The van der Waals surface area contributed by atoms with Gasteiger partial charge in [-0.1, -0.05) is 26.0 Å². The van der Waals surface area contributed by atoms with Gasteiger partial charge >= 0.3 is 5.97 Å². The van der Waals surface area contributed by atoms with E-state index in [1.54, 1.807) is 17.4 Å². The number of ether oxygens (including phenoxy) is 1. The molecular formula is C18H17NO2S. The molecule has 1 aromatic heterocycles. The number of rotatable bonds is 4. The Hall–Kier alpha value is -2.20. The molecule has 1 aliphatic heterocycles. The summed E-state index contributed by atoms with van der Waals surface area (Å²) in [5, 5.41) is 3.93. The van der Waals surface area contributed by atoms with E-state index in [1.165, 1.54) is 5.56 Å². The van der Waals surface area contributed by atoms with Gasteiger partial charge < -0.3 is 4.74 Å². The molecule has 0 fully saturated rings. The van der Waals surface area contributed by atoms with Crippen molar-refractivity contribution in [2.45, 2.75) is 20.3 Å². The quantitative estimate of drug-likeness (QED) is 0.624. The lowest BCUT2D eigenvalue weighted by Crippen LogP contribution is -2.05. The first kappa shape index (κ1) is 14.7. The van der Waals surface area contributed by atoms with Gasteiger partial charge in [0.05, 0.1) is 0 Å². The molecule has 2 heterocycles. The van der Waals surface area contributed by atoms with Crippen LogP contribution in [0.4, 0.5) is 0 Å². The first-order valence-electron chi connectivity index (χ1n) is 7.26. The largest absolute Gasteiger partial charge is 0.402 e. The lowest BCUT2D eigenvalue weighted by atomic mass is 10.0. The second-order valence-corrected chi connectivity index (χ2v) is 6.47. The third-order valence-corrected chi connectivity index (χ3v) is 4.01. The lowest BCUT2D eigenvalue weighted by Gasteiger charge is -2.05. The second kappa shape index (κ2) is 6.28. The summed E-state index contributed by atoms with van der Waals surface area (Å²) in [6, 6.07) is 9.98. The minimum atomic E-state index is -0.396. The topological polar surface area (TPSA) is 38.7 Å². The van der Waals surface area contributed by atoms with E-state index in [0.717, 1.165) is 17.5 Å². The van der Waals surface area contributed by atoms with E-state index in [9.17, 15) is 4.79 Å². The molecule has 112 valence electrons. The summed E-state index contributed by atoms with van der Waals surface area (Å²) >= 11 is 1.58. The van der Waals surface area contributed by atoms with Gasteiger partial charge in [0.2, 0.25) is 5.90 Å². The molecule has 2 aromatic rings. The highest BCUT2D eigenvalue weighted by molar-refractivity contribution is 7.08. The second-order valence-electron chi connectivity index (χ2n) is 5.69. The van der Waals surface area contributed by atoms with Crippen LogP contribution in [0.15, 0.2) is 51.8 Å². The Bertz CT molecular complexity index is 725. The van der Waals surface area contributed by atoms with E-state index in [0.29, 0.717) is 17.5 Å². The molecule has 0 atom stereocenters. The van der Waals surface area contributed by atoms with Gasteiger partial charge in [-0.05, 0) is 58.5 Å². The zero-order chi connectivity index (χ0) is 15.5. The highest BCUT2D eigenvalue weighted by Gasteiger charge is 2.24. The Balaban J connectivity index is 1.82. The Kier molecular flexibility index (Phi) is 4.20. The molecule has 0 amide bonds. The molecule has 0 unspecified atom stereocenters. The zero-order valence-corrected chi connectivity index (χ0v) is 13.4. The summed E-state index contributed by atoms with van der Waals surface area (Å²) in [6.07, 6.45) is 2.79. The lowest BCUT2D eigenvalue weighted by molar-refractivity contribution is -0.129. The number of carbonyl (C=O) groups is 1. The summed E-state index contributed by atoms with van der Waals surface area (Å²) in [5.74, 6) is 0.600. The van der Waals surface area contributed by atoms with E-state index in [4.69, 9.17) is 4.74 Å². The third-order valence-electron chi connectivity index (χ3n) is 3.31. The number of carbonyl (C=O) groups excluding carboxylic acids is 1. The first-order chi connectivity index (χ1) is 10.6. The molecule has 4 heteroatoms. The molecule has 0 radical (unpaired) electrons. The molecule has 0 saturated heterocycles. The molecule has 22 heavy (non-hydrogen) atoms. The average Bonchev–Trinajstić information content (AvgIpc) is 3.10.